The molecule has 2 aromatic carbocycles. The normalized spacial score (nSPS) is 10.1. The van der Waals surface area contributed by atoms with Crippen LogP contribution in [0.2, 0.25) is 5.02 Å². The lowest BCUT2D eigenvalue weighted by Crippen LogP contribution is -2.19. The van der Waals surface area contributed by atoms with E-state index in [2.05, 4.69) is 10.6 Å². The standard InChI is InChI=1S/C15H14ClN3O2S/c1-9-6-7-11(8-12(9)16)17-15(22)18-13-4-3-5-14(10(13)2)19(20)21/h3-8H,1-2H3,(H2,17,18,22). The number of nitrogens with zero attached hydrogens (tertiary/aromatic N) is 1. The lowest BCUT2D eigenvalue weighted by atomic mass is 10.1. The molecule has 0 radical (unpaired) electrons. The number of rotatable bonds is 3. The summed E-state index contributed by atoms with van der Waals surface area (Å²) in [7, 11) is 0. The Morgan fingerprint density at radius 1 is 1.23 bits per heavy atom. The zero-order valence-electron chi connectivity index (χ0n) is 12.0. The van der Waals surface area contributed by atoms with Crippen LogP contribution in [0.15, 0.2) is 36.4 Å². The van der Waals surface area contributed by atoms with Gasteiger partial charge in [0.25, 0.3) is 5.69 Å². The third-order valence-corrected chi connectivity index (χ3v) is 3.79. The van der Waals surface area contributed by atoms with Crippen molar-refractivity contribution in [1.82, 2.24) is 0 Å². The van der Waals surface area contributed by atoms with Crippen molar-refractivity contribution < 1.29 is 4.92 Å². The predicted molar refractivity (Wildman–Crippen MR) is 93.9 cm³/mol. The number of aryl methyl sites for hydroxylation is 1. The van der Waals surface area contributed by atoms with Crippen molar-refractivity contribution >= 4 is 46.0 Å². The van der Waals surface area contributed by atoms with Gasteiger partial charge in [0.15, 0.2) is 5.11 Å². The summed E-state index contributed by atoms with van der Waals surface area (Å²) in [5, 5.41) is 17.9. The molecule has 0 unspecified atom stereocenters. The fraction of sp³-hybridized carbons (Fsp3) is 0.133. The number of hydrogen-bond acceptors (Lipinski definition) is 3. The molecule has 0 saturated heterocycles. The minimum atomic E-state index is -0.420. The first-order valence-electron chi connectivity index (χ1n) is 6.46. The van der Waals surface area contributed by atoms with Gasteiger partial charge in [-0.2, -0.15) is 0 Å². The summed E-state index contributed by atoms with van der Waals surface area (Å²) in [5.74, 6) is 0. The third kappa shape index (κ3) is 3.72. The molecule has 7 heteroatoms. The average molecular weight is 336 g/mol. The molecule has 2 rings (SSSR count). The first-order valence-corrected chi connectivity index (χ1v) is 7.25. The molecular weight excluding hydrogens is 322 g/mol. The average Bonchev–Trinajstić information content (AvgIpc) is 2.45. The van der Waals surface area contributed by atoms with E-state index in [0.29, 0.717) is 21.4 Å². The van der Waals surface area contributed by atoms with E-state index in [1.165, 1.54) is 6.07 Å². The van der Waals surface area contributed by atoms with Gasteiger partial charge in [0.05, 0.1) is 16.2 Å². The van der Waals surface area contributed by atoms with E-state index in [-0.39, 0.29) is 5.69 Å². The number of nitro groups is 1. The van der Waals surface area contributed by atoms with Gasteiger partial charge in [-0.3, -0.25) is 10.1 Å². The molecule has 2 aromatic rings. The Morgan fingerprint density at radius 2 is 1.95 bits per heavy atom. The molecule has 0 aliphatic heterocycles. The summed E-state index contributed by atoms with van der Waals surface area (Å²) in [4.78, 5) is 10.5. The molecule has 0 aromatic heterocycles. The fourth-order valence-corrected chi connectivity index (χ4v) is 2.32. The summed E-state index contributed by atoms with van der Waals surface area (Å²) < 4.78 is 0. The van der Waals surface area contributed by atoms with Crippen LogP contribution < -0.4 is 10.6 Å². The molecule has 0 fully saturated rings. The maximum Gasteiger partial charge on any atom is 0.274 e. The Labute approximate surface area is 138 Å². The van der Waals surface area contributed by atoms with Crippen LogP contribution in [-0.4, -0.2) is 10.0 Å². The highest BCUT2D eigenvalue weighted by molar-refractivity contribution is 7.80. The van der Waals surface area contributed by atoms with E-state index in [1.807, 2.05) is 19.1 Å². The van der Waals surface area contributed by atoms with Crippen LogP contribution in [0.25, 0.3) is 0 Å². The van der Waals surface area contributed by atoms with Crippen molar-refractivity contribution in [3.63, 3.8) is 0 Å². The minimum absolute atomic E-state index is 0.0474. The summed E-state index contributed by atoms with van der Waals surface area (Å²) in [6.07, 6.45) is 0. The van der Waals surface area contributed by atoms with Gasteiger partial charge in [0.1, 0.15) is 0 Å². The molecule has 114 valence electrons. The van der Waals surface area contributed by atoms with E-state index >= 15 is 0 Å². The maximum absolute atomic E-state index is 10.9. The lowest BCUT2D eigenvalue weighted by Gasteiger charge is -2.13. The maximum atomic E-state index is 10.9. The predicted octanol–water partition coefficient (Wildman–Crippen LogP) is 4.67. The number of thiocarbonyl (C=S) groups is 1. The van der Waals surface area contributed by atoms with Crippen molar-refractivity contribution in [2.75, 3.05) is 10.6 Å². The van der Waals surface area contributed by atoms with E-state index in [0.717, 1.165) is 11.3 Å². The molecule has 5 nitrogen and oxygen atoms in total. The molecule has 0 saturated carbocycles. The molecule has 22 heavy (non-hydrogen) atoms. The lowest BCUT2D eigenvalue weighted by molar-refractivity contribution is -0.385. The first-order chi connectivity index (χ1) is 10.4. The zero-order valence-corrected chi connectivity index (χ0v) is 13.6. The number of anilines is 2. The van der Waals surface area contributed by atoms with Gasteiger partial charge >= 0.3 is 0 Å². The van der Waals surface area contributed by atoms with Crippen LogP contribution in [0.3, 0.4) is 0 Å². The summed E-state index contributed by atoms with van der Waals surface area (Å²) in [6.45, 7) is 3.58. The first kappa shape index (κ1) is 16.2. The quantitative estimate of drug-likeness (QED) is 0.484. The highest BCUT2D eigenvalue weighted by Crippen LogP contribution is 2.25. The molecule has 0 aliphatic rings. The second-order valence-corrected chi connectivity index (χ2v) is 5.57. The van der Waals surface area contributed by atoms with Gasteiger partial charge in [-0.05, 0) is 49.8 Å². The topological polar surface area (TPSA) is 67.2 Å². The number of benzene rings is 2. The molecule has 0 amide bonds. The van der Waals surface area contributed by atoms with Gasteiger partial charge < -0.3 is 10.6 Å². The van der Waals surface area contributed by atoms with Crippen molar-refractivity contribution in [3.8, 4) is 0 Å². The Morgan fingerprint density at radius 3 is 2.59 bits per heavy atom. The molecule has 0 heterocycles. The van der Waals surface area contributed by atoms with Gasteiger partial charge in [0.2, 0.25) is 0 Å². The zero-order chi connectivity index (χ0) is 16.3. The second-order valence-electron chi connectivity index (χ2n) is 4.75. The van der Waals surface area contributed by atoms with Crippen LogP contribution in [0, 0.1) is 24.0 Å². The number of hydrogen-bond donors (Lipinski definition) is 2. The van der Waals surface area contributed by atoms with Crippen molar-refractivity contribution in [1.29, 1.82) is 0 Å². The van der Waals surface area contributed by atoms with Crippen LogP contribution in [0.1, 0.15) is 11.1 Å². The van der Waals surface area contributed by atoms with Gasteiger partial charge in [-0.1, -0.05) is 23.7 Å². The van der Waals surface area contributed by atoms with Crippen molar-refractivity contribution in [3.05, 3.63) is 62.7 Å². The SMILES string of the molecule is Cc1ccc(NC(=S)Nc2cccc([N+](=O)[O-])c2C)cc1Cl. The summed E-state index contributed by atoms with van der Waals surface area (Å²) >= 11 is 11.3. The molecule has 0 atom stereocenters. The minimum Gasteiger partial charge on any atom is -0.332 e. The Kier molecular flexibility index (Phi) is 4.95. The van der Waals surface area contributed by atoms with Gasteiger partial charge in [0, 0.05) is 16.8 Å². The number of nitro benzene ring substituents is 1. The smallest absolute Gasteiger partial charge is 0.274 e. The summed E-state index contributed by atoms with van der Waals surface area (Å²) in [5.41, 5.74) is 2.88. The molecule has 0 aliphatic carbocycles. The second kappa shape index (κ2) is 6.72. The largest absolute Gasteiger partial charge is 0.332 e. The van der Waals surface area contributed by atoms with E-state index in [4.69, 9.17) is 23.8 Å². The van der Waals surface area contributed by atoms with Crippen molar-refractivity contribution in [2.24, 2.45) is 0 Å². The van der Waals surface area contributed by atoms with Crippen LogP contribution >= 0.6 is 23.8 Å². The van der Waals surface area contributed by atoms with Crippen LogP contribution in [0.4, 0.5) is 17.1 Å². The third-order valence-electron chi connectivity index (χ3n) is 3.18. The van der Waals surface area contributed by atoms with E-state index in [1.54, 1.807) is 25.1 Å². The Balaban J connectivity index is 2.14. The van der Waals surface area contributed by atoms with E-state index in [9.17, 15) is 10.1 Å². The van der Waals surface area contributed by atoms with Crippen LogP contribution in [-0.2, 0) is 0 Å². The fourth-order valence-electron chi connectivity index (χ4n) is 1.91. The van der Waals surface area contributed by atoms with Gasteiger partial charge in [-0.25, -0.2) is 0 Å². The monoisotopic (exact) mass is 335 g/mol. The molecule has 0 spiro atoms. The number of halogens is 1. The summed E-state index contributed by atoms with van der Waals surface area (Å²) in [6, 6.07) is 10.3. The highest BCUT2D eigenvalue weighted by atomic mass is 35.5. The van der Waals surface area contributed by atoms with Crippen molar-refractivity contribution in [2.45, 2.75) is 13.8 Å². The highest BCUT2D eigenvalue weighted by Gasteiger charge is 2.13. The Bertz CT molecular complexity index is 750. The van der Waals surface area contributed by atoms with Crippen LogP contribution in [0.5, 0.6) is 0 Å². The van der Waals surface area contributed by atoms with E-state index < -0.39 is 4.92 Å². The van der Waals surface area contributed by atoms with Gasteiger partial charge in [-0.15, -0.1) is 0 Å². The molecule has 2 N–H and O–H groups in total. The molecular formula is C15H14ClN3O2S. The Hall–Kier alpha value is -2.18. The molecule has 0 bridgehead atoms. The number of nitrogens with one attached hydrogen (secondary N) is 2.